The summed E-state index contributed by atoms with van der Waals surface area (Å²) in [5.41, 5.74) is 3.33. The first-order valence-corrected chi connectivity index (χ1v) is 10.8. The summed E-state index contributed by atoms with van der Waals surface area (Å²) in [5, 5.41) is 6.90. The van der Waals surface area contributed by atoms with Crippen LogP contribution in [0.4, 0.5) is 4.79 Å². The molecular formula is C22H26N4O3S. The zero-order valence-corrected chi connectivity index (χ0v) is 18.5. The quantitative estimate of drug-likeness (QED) is 0.681. The van der Waals surface area contributed by atoms with Crippen molar-refractivity contribution in [3.8, 4) is 0 Å². The molecule has 3 rings (SSSR count). The van der Waals surface area contributed by atoms with E-state index in [4.69, 9.17) is 0 Å². The number of benzene rings is 1. The van der Waals surface area contributed by atoms with Crippen LogP contribution in [0.3, 0.4) is 0 Å². The molecule has 1 aliphatic heterocycles. The number of imide groups is 1. The molecule has 1 aliphatic rings. The Kier molecular flexibility index (Phi) is 6.77. The van der Waals surface area contributed by atoms with Gasteiger partial charge in [-0.05, 0) is 49.2 Å². The maximum atomic E-state index is 12.6. The largest absolute Gasteiger partial charge is 0.349 e. The molecule has 7 nitrogen and oxygen atoms in total. The van der Waals surface area contributed by atoms with Crippen molar-refractivity contribution in [3.05, 3.63) is 57.8 Å². The minimum atomic E-state index is -0.333. The smallest absolute Gasteiger partial charge is 0.293 e. The third-order valence-electron chi connectivity index (χ3n) is 4.79. The van der Waals surface area contributed by atoms with Crippen molar-refractivity contribution in [3.63, 3.8) is 0 Å². The van der Waals surface area contributed by atoms with Crippen molar-refractivity contribution in [1.29, 1.82) is 0 Å². The molecule has 0 spiro atoms. The number of rotatable bonds is 7. The van der Waals surface area contributed by atoms with Gasteiger partial charge in [-0.25, -0.2) is 0 Å². The Labute approximate surface area is 180 Å². The Bertz CT molecular complexity index is 992. The van der Waals surface area contributed by atoms with Gasteiger partial charge in [0.25, 0.3) is 17.1 Å². The van der Waals surface area contributed by atoms with Gasteiger partial charge < -0.3 is 5.32 Å². The molecule has 2 heterocycles. The Morgan fingerprint density at radius 2 is 1.93 bits per heavy atom. The van der Waals surface area contributed by atoms with Gasteiger partial charge in [0, 0.05) is 19.6 Å². The number of aromatic nitrogens is 2. The normalized spacial score (nSPS) is 15.5. The van der Waals surface area contributed by atoms with Gasteiger partial charge in [-0.2, -0.15) is 5.10 Å². The molecule has 3 amide bonds. The highest BCUT2D eigenvalue weighted by Gasteiger charge is 2.34. The minimum Gasteiger partial charge on any atom is -0.349 e. The summed E-state index contributed by atoms with van der Waals surface area (Å²) in [5.74, 6) is -0.376. The van der Waals surface area contributed by atoms with Gasteiger partial charge in [0.15, 0.2) is 0 Å². The van der Waals surface area contributed by atoms with Crippen LogP contribution >= 0.6 is 11.8 Å². The molecule has 0 bridgehead atoms. The standard InChI is InChI=1S/C22H26N4O3S/c1-5-26-18(13-17(24-26)14(2)3)20(27)23-10-11-25-21(28)19(30-22(25)29)12-16-8-6-15(4)7-9-16/h6-9,12-14H,5,10-11H2,1-4H3,(H,23,27)/b19-12-. The lowest BCUT2D eigenvalue weighted by Crippen LogP contribution is -2.37. The Morgan fingerprint density at radius 1 is 1.23 bits per heavy atom. The SMILES string of the molecule is CCn1nc(C(C)C)cc1C(=O)NCCN1C(=O)S/C(=C\c2ccc(C)cc2)C1=O. The van der Waals surface area contributed by atoms with E-state index in [2.05, 4.69) is 10.4 Å². The molecule has 0 radical (unpaired) electrons. The van der Waals surface area contributed by atoms with E-state index in [-0.39, 0.29) is 36.1 Å². The number of amides is 3. The second-order valence-electron chi connectivity index (χ2n) is 7.42. The van der Waals surface area contributed by atoms with Gasteiger partial charge in [0.1, 0.15) is 5.69 Å². The number of hydrogen-bond acceptors (Lipinski definition) is 5. The highest BCUT2D eigenvalue weighted by Crippen LogP contribution is 2.31. The summed E-state index contributed by atoms with van der Waals surface area (Å²) < 4.78 is 1.66. The molecule has 0 aliphatic carbocycles. The third kappa shape index (κ3) is 4.81. The summed E-state index contributed by atoms with van der Waals surface area (Å²) in [6.45, 7) is 8.85. The number of carbonyl (C=O) groups excluding carboxylic acids is 3. The van der Waals surface area contributed by atoms with E-state index in [1.54, 1.807) is 16.8 Å². The summed E-state index contributed by atoms with van der Waals surface area (Å²) in [6, 6.07) is 9.51. The summed E-state index contributed by atoms with van der Waals surface area (Å²) in [6.07, 6.45) is 1.72. The Morgan fingerprint density at radius 3 is 2.57 bits per heavy atom. The van der Waals surface area contributed by atoms with E-state index >= 15 is 0 Å². The molecule has 8 heteroatoms. The van der Waals surface area contributed by atoms with Crippen molar-refractivity contribution in [2.45, 2.75) is 40.2 Å². The lowest BCUT2D eigenvalue weighted by atomic mass is 10.1. The highest BCUT2D eigenvalue weighted by molar-refractivity contribution is 8.18. The van der Waals surface area contributed by atoms with Crippen LogP contribution in [0.2, 0.25) is 0 Å². The van der Waals surface area contributed by atoms with E-state index in [0.29, 0.717) is 17.1 Å². The average Bonchev–Trinajstić information content (AvgIpc) is 3.26. The van der Waals surface area contributed by atoms with Gasteiger partial charge in [-0.1, -0.05) is 43.7 Å². The first-order chi connectivity index (χ1) is 14.3. The first-order valence-electron chi connectivity index (χ1n) is 9.98. The number of thioether (sulfide) groups is 1. The van der Waals surface area contributed by atoms with Crippen molar-refractivity contribution >= 4 is 34.9 Å². The Balaban J connectivity index is 1.61. The molecule has 158 valence electrons. The molecule has 0 atom stereocenters. The molecule has 1 fully saturated rings. The summed E-state index contributed by atoms with van der Waals surface area (Å²) in [4.78, 5) is 39.0. The van der Waals surface area contributed by atoms with Crippen LogP contribution in [0, 0.1) is 6.92 Å². The number of nitrogens with one attached hydrogen (secondary N) is 1. The van der Waals surface area contributed by atoms with Crippen molar-refractivity contribution < 1.29 is 14.4 Å². The second kappa shape index (κ2) is 9.30. The molecule has 1 aromatic heterocycles. The van der Waals surface area contributed by atoms with E-state index in [0.717, 1.165) is 28.6 Å². The molecular weight excluding hydrogens is 400 g/mol. The van der Waals surface area contributed by atoms with E-state index < -0.39 is 0 Å². The van der Waals surface area contributed by atoms with E-state index in [1.807, 2.05) is 52.0 Å². The van der Waals surface area contributed by atoms with E-state index in [1.165, 1.54) is 4.90 Å². The number of hydrogen-bond donors (Lipinski definition) is 1. The van der Waals surface area contributed by atoms with Crippen LogP contribution in [0.5, 0.6) is 0 Å². The van der Waals surface area contributed by atoms with Gasteiger partial charge in [-0.3, -0.25) is 24.0 Å². The summed E-state index contributed by atoms with van der Waals surface area (Å²) in [7, 11) is 0. The molecule has 1 aromatic carbocycles. The van der Waals surface area contributed by atoms with Gasteiger partial charge in [-0.15, -0.1) is 0 Å². The Hall–Kier alpha value is -2.87. The van der Waals surface area contributed by atoms with Crippen molar-refractivity contribution in [1.82, 2.24) is 20.0 Å². The zero-order valence-electron chi connectivity index (χ0n) is 17.6. The predicted molar refractivity (Wildman–Crippen MR) is 118 cm³/mol. The topological polar surface area (TPSA) is 84.3 Å². The maximum Gasteiger partial charge on any atom is 0.293 e. The lowest BCUT2D eigenvalue weighted by molar-refractivity contribution is -0.122. The second-order valence-corrected chi connectivity index (χ2v) is 8.42. The van der Waals surface area contributed by atoms with Gasteiger partial charge >= 0.3 is 0 Å². The fourth-order valence-corrected chi connectivity index (χ4v) is 3.89. The molecule has 0 unspecified atom stereocenters. The maximum absolute atomic E-state index is 12.6. The highest BCUT2D eigenvalue weighted by atomic mass is 32.2. The predicted octanol–water partition coefficient (Wildman–Crippen LogP) is 3.80. The average molecular weight is 427 g/mol. The van der Waals surface area contributed by atoms with Crippen LogP contribution in [0.1, 0.15) is 54.0 Å². The zero-order chi connectivity index (χ0) is 21.8. The van der Waals surface area contributed by atoms with Crippen LogP contribution in [0.25, 0.3) is 6.08 Å². The molecule has 1 N–H and O–H groups in total. The van der Waals surface area contributed by atoms with Crippen molar-refractivity contribution in [2.75, 3.05) is 13.1 Å². The van der Waals surface area contributed by atoms with Crippen LogP contribution in [0.15, 0.2) is 35.2 Å². The summed E-state index contributed by atoms with van der Waals surface area (Å²) >= 11 is 0.920. The lowest BCUT2D eigenvalue weighted by Gasteiger charge is -2.13. The fourth-order valence-electron chi connectivity index (χ4n) is 3.02. The third-order valence-corrected chi connectivity index (χ3v) is 5.70. The number of aryl methyl sites for hydroxylation is 2. The fraction of sp³-hybridized carbons (Fsp3) is 0.364. The molecule has 1 saturated heterocycles. The van der Waals surface area contributed by atoms with E-state index in [9.17, 15) is 14.4 Å². The number of carbonyl (C=O) groups is 3. The number of nitrogens with zero attached hydrogens (tertiary/aromatic N) is 3. The van der Waals surface area contributed by atoms with Crippen LogP contribution < -0.4 is 5.32 Å². The molecule has 2 aromatic rings. The van der Waals surface area contributed by atoms with Gasteiger partial charge in [0.05, 0.1) is 10.6 Å². The van der Waals surface area contributed by atoms with Crippen LogP contribution in [-0.2, 0) is 11.3 Å². The molecule has 30 heavy (non-hydrogen) atoms. The minimum absolute atomic E-state index is 0.124. The van der Waals surface area contributed by atoms with Gasteiger partial charge in [0.2, 0.25) is 0 Å². The van der Waals surface area contributed by atoms with Crippen LogP contribution in [-0.4, -0.2) is 44.8 Å². The molecule has 0 saturated carbocycles. The first kappa shape index (κ1) is 21.8. The van der Waals surface area contributed by atoms with Crippen molar-refractivity contribution in [2.24, 2.45) is 0 Å². The monoisotopic (exact) mass is 426 g/mol.